The molecule has 4 rings (SSSR count). The number of anilines is 1. The van der Waals surface area contributed by atoms with Gasteiger partial charge in [-0.1, -0.05) is 0 Å². The number of nitrogens with zero attached hydrogens (tertiary/aromatic N) is 1. The summed E-state index contributed by atoms with van der Waals surface area (Å²) in [6, 6.07) is 5.41. The van der Waals surface area contributed by atoms with Crippen LogP contribution >= 0.6 is 11.3 Å². The molecule has 2 amide bonds. The van der Waals surface area contributed by atoms with E-state index in [4.69, 9.17) is 9.47 Å². The fraction of sp³-hybridized carbons (Fsp3) is 0.294. The molecule has 0 saturated carbocycles. The number of hydrogen-bond donors (Lipinski definition) is 1. The maximum atomic E-state index is 13.0. The van der Waals surface area contributed by atoms with Crippen LogP contribution in [0.25, 0.3) is 0 Å². The standard InChI is InChI=1S/C17H15FN2O4S/c18-10-1-3-12(4-2-10)20-8-11(7-14(20)21)19-17(22)16-15-13(9-25-16)23-5-6-24-15/h1-4,9,11H,5-8H2,(H,19,22)/t11-/m1/s1. The number of nitrogens with one attached hydrogen (secondary N) is 1. The molecule has 0 bridgehead atoms. The van der Waals surface area contributed by atoms with Gasteiger partial charge in [0.25, 0.3) is 5.91 Å². The van der Waals surface area contributed by atoms with Crippen LogP contribution in [0.15, 0.2) is 29.6 Å². The van der Waals surface area contributed by atoms with Gasteiger partial charge in [0.2, 0.25) is 5.91 Å². The molecule has 6 nitrogen and oxygen atoms in total. The molecule has 2 aromatic rings. The Kier molecular flexibility index (Phi) is 4.04. The Morgan fingerprint density at radius 2 is 2.00 bits per heavy atom. The maximum absolute atomic E-state index is 13.0. The van der Waals surface area contributed by atoms with Gasteiger partial charge in [-0.25, -0.2) is 4.39 Å². The zero-order valence-corrected chi connectivity index (χ0v) is 14.0. The molecule has 25 heavy (non-hydrogen) atoms. The normalized spacial score (nSPS) is 19.2. The second-order valence-electron chi connectivity index (χ2n) is 5.81. The van der Waals surface area contributed by atoms with Crippen LogP contribution in [0.3, 0.4) is 0 Å². The lowest BCUT2D eigenvalue weighted by atomic mass is 10.2. The van der Waals surface area contributed by atoms with E-state index in [2.05, 4.69) is 5.32 Å². The van der Waals surface area contributed by atoms with Crippen molar-refractivity contribution in [1.82, 2.24) is 5.32 Å². The third kappa shape index (κ3) is 3.05. The Morgan fingerprint density at radius 3 is 2.80 bits per heavy atom. The molecule has 130 valence electrons. The van der Waals surface area contributed by atoms with E-state index in [0.717, 1.165) is 0 Å². The summed E-state index contributed by atoms with van der Waals surface area (Å²) in [5.41, 5.74) is 0.619. The van der Waals surface area contributed by atoms with E-state index in [0.29, 0.717) is 41.8 Å². The minimum Gasteiger partial charge on any atom is -0.485 e. The van der Waals surface area contributed by atoms with Crippen molar-refractivity contribution >= 4 is 28.8 Å². The minimum atomic E-state index is -0.357. The van der Waals surface area contributed by atoms with Crippen LogP contribution in [0.5, 0.6) is 11.5 Å². The van der Waals surface area contributed by atoms with Crippen LogP contribution in [0.2, 0.25) is 0 Å². The van der Waals surface area contributed by atoms with Crippen molar-refractivity contribution < 1.29 is 23.5 Å². The van der Waals surface area contributed by atoms with Gasteiger partial charge < -0.3 is 19.7 Å². The molecule has 0 unspecified atom stereocenters. The number of ether oxygens (including phenoxy) is 2. The van der Waals surface area contributed by atoms with Gasteiger partial charge in [-0.05, 0) is 24.3 Å². The molecule has 1 fully saturated rings. The Labute approximate surface area is 147 Å². The third-order valence-electron chi connectivity index (χ3n) is 4.11. The van der Waals surface area contributed by atoms with Gasteiger partial charge in [0, 0.05) is 24.0 Å². The topological polar surface area (TPSA) is 67.9 Å². The second-order valence-corrected chi connectivity index (χ2v) is 6.69. The van der Waals surface area contributed by atoms with Crippen molar-refractivity contribution in [3.05, 3.63) is 40.3 Å². The van der Waals surface area contributed by atoms with Gasteiger partial charge >= 0.3 is 0 Å². The number of amides is 2. The average Bonchev–Trinajstić information content (AvgIpc) is 3.19. The lowest BCUT2D eigenvalue weighted by Gasteiger charge is -2.18. The summed E-state index contributed by atoms with van der Waals surface area (Å²) in [7, 11) is 0. The third-order valence-corrected chi connectivity index (χ3v) is 5.04. The highest BCUT2D eigenvalue weighted by Crippen LogP contribution is 2.39. The molecule has 0 radical (unpaired) electrons. The number of carbonyl (C=O) groups excluding carboxylic acids is 2. The molecule has 1 N–H and O–H groups in total. The van der Waals surface area contributed by atoms with Gasteiger partial charge in [0.05, 0.1) is 6.04 Å². The van der Waals surface area contributed by atoms with Crippen molar-refractivity contribution in [2.24, 2.45) is 0 Å². The number of fused-ring (bicyclic) bond motifs is 1. The Morgan fingerprint density at radius 1 is 1.24 bits per heavy atom. The SMILES string of the molecule is O=C(N[C@@H]1CC(=O)N(c2ccc(F)cc2)C1)c1scc2c1OCCO2. The average molecular weight is 362 g/mol. The zero-order valence-electron chi connectivity index (χ0n) is 13.2. The monoisotopic (exact) mass is 362 g/mol. The number of thiophene rings is 1. The molecule has 2 aliphatic heterocycles. The first-order valence-corrected chi connectivity index (χ1v) is 8.73. The Hall–Kier alpha value is -2.61. The molecule has 2 aliphatic rings. The predicted octanol–water partition coefficient (Wildman–Crippen LogP) is 2.19. The fourth-order valence-electron chi connectivity index (χ4n) is 2.95. The van der Waals surface area contributed by atoms with Crippen molar-refractivity contribution in [3.8, 4) is 11.5 Å². The summed E-state index contributed by atoms with van der Waals surface area (Å²) in [5, 5.41) is 4.62. The quantitative estimate of drug-likeness (QED) is 0.909. The van der Waals surface area contributed by atoms with E-state index >= 15 is 0 Å². The van der Waals surface area contributed by atoms with Crippen LogP contribution in [-0.2, 0) is 4.79 Å². The fourth-order valence-corrected chi connectivity index (χ4v) is 3.78. The highest BCUT2D eigenvalue weighted by molar-refractivity contribution is 7.12. The van der Waals surface area contributed by atoms with E-state index < -0.39 is 0 Å². The molecule has 1 aromatic carbocycles. The Bertz CT molecular complexity index is 821. The van der Waals surface area contributed by atoms with E-state index in [1.54, 1.807) is 22.4 Å². The maximum Gasteiger partial charge on any atom is 0.265 e. The minimum absolute atomic E-state index is 0.107. The summed E-state index contributed by atoms with van der Waals surface area (Å²) in [6.07, 6.45) is 0.202. The summed E-state index contributed by atoms with van der Waals surface area (Å²) >= 11 is 1.25. The lowest BCUT2D eigenvalue weighted by Crippen LogP contribution is -2.37. The second kappa shape index (κ2) is 6.36. The van der Waals surface area contributed by atoms with Gasteiger partial charge in [0.15, 0.2) is 11.5 Å². The van der Waals surface area contributed by atoms with Gasteiger partial charge in [-0.3, -0.25) is 9.59 Å². The smallest absolute Gasteiger partial charge is 0.265 e. The molecule has 0 aliphatic carbocycles. The predicted molar refractivity (Wildman–Crippen MR) is 89.9 cm³/mol. The van der Waals surface area contributed by atoms with Crippen molar-refractivity contribution in [3.63, 3.8) is 0 Å². The van der Waals surface area contributed by atoms with E-state index in [-0.39, 0.29) is 30.1 Å². The first kappa shape index (κ1) is 15.9. The molecule has 1 aromatic heterocycles. The number of hydrogen-bond acceptors (Lipinski definition) is 5. The molecule has 0 spiro atoms. The number of halogens is 1. The lowest BCUT2D eigenvalue weighted by molar-refractivity contribution is -0.117. The van der Waals surface area contributed by atoms with Crippen molar-refractivity contribution in [2.45, 2.75) is 12.5 Å². The van der Waals surface area contributed by atoms with Crippen molar-refractivity contribution in [2.75, 3.05) is 24.7 Å². The first-order chi connectivity index (χ1) is 12.1. The number of benzene rings is 1. The van der Waals surface area contributed by atoms with Crippen LogP contribution in [0, 0.1) is 5.82 Å². The van der Waals surface area contributed by atoms with Gasteiger partial charge in [-0.15, -0.1) is 11.3 Å². The van der Waals surface area contributed by atoms with E-state index in [1.807, 2.05) is 0 Å². The number of rotatable bonds is 3. The van der Waals surface area contributed by atoms with E-state index in [9.17, 15) is 14.0 Å². The molecular weight excluding hydrogens is 347 g/mol. The molecule has 1 saturated heterocycles. The van der Waals surface area contributed by atoms with Gasteiger partial charge in [-0.2, -0.15) is 0 Å². The molecule has 8 heteroatoms. The van der Waals surface area contributed by atoms with Gasteiger partial charge in [0.1, 0.15) is 23.9 Å². The molecular formula is C17H15FN2O4S. The molecule has 3 heterocycles. The highest BCUT2D eigenvalue weighted by Gasteiger charge is 2.33. The Balaban J connectivity index is 1.45. The first-order valence-electron chi connectivity index (χ1n) is 7.85. The van der Waals surface area contributed by atoms with Crippen LogP contribution < -0.4 is 19.7 Å². The summed E-state index contributed by atoms with van der Waals surface area (Å²) < 4.78 is 24.0. The zero-order chi connectivity index (χ0) is 17.4. The van der Waals surface area contributed by atoms with Crippen LogP contribution in [0.1, 0.15) is 16.1 Å². The molecule has 1 atom stereocenters. The summed E-state index contributed by atoms with van der Waals surface area (Å²) in [5.74, 6) is 0.301. The number of carbonyl (C=O) groups is 2. The van der Waals surface area contributed by atoms with Crippen LogP contribution in [-0.4, -0.2) is 37.6 Å². The van der Waals surface area contributed by atoms with Crippen molar-refractivity contribution in [1.29, 1.82) is 0 Å². The summed E-state index contributed by atoms with van der Waals surface area (Å²) in [6.45, 7) is 1.22. The largest absolute Gasteiger partial charge is 0.485 e. The highest BCUT2D eigenvalue weighted by atomic mass is 32.1. The van der Waals surface area contributed by atoms with E-state index in [1.165, 1.54) is 23.5 Å². The van der Waals surface area contributed by atoms with Crippen LogP contribution in [0.4, 0.5) is 10.1 Å². The summed E-state index contributed by atoms with van der Waals surface area (Å²) in [4.78, 5) is 26.7.